The molecule has 0 unspecified atom stereocenters. The lowest BCUT2D eigenvalue weighted by Gasteiger charge is -1.98. The number of hydrogen-bond acceptors (Lipinski definition) is 4. The molecule has 0 bridgehead atoms. The summed E-state index contributed by atoms with van der Waals surface area (Å²) in [5.74, 6) is 4.95. The van der Waals surface area contributed by atoms with E-state index < -0.39 is 0 Å². The molecular formula is C5H13N3O. The van der Waals surface area contributed by atoms with Crippen molar-refractivity contribution >= 4 is 0 Å². The number of hydrazine groups is 1. The first-order valence-electron chi connectivity index (χ1n) is 2.71. The second-order valence-electron chi connectivity index (χ2n) is 1.63. The minimum absolute atomic E-state index is 0.629. The van der Waals surface area contributed by atoms with Crippen molar-refractivity contribution in [2.75, 3.05) is 13.7 Å². The Hall–Kier alpha value is -0.740. The molecule has 0 saturated carbocycles. The van der Waals surface area contributed by atoms with Crippen molar-refractivity contribution in [3.63, 3.8) is 0 Å². The zero-order chi connectivity index (χ0) is 7.11. The lowest BCUT2D eigenvalue weighted by molar-refractivity contribution is 0.201. The van der Waals surface area contributed by atoms with E-state index in [1.807, 2.05) is 0 Å². The largest absolute Gasteiger partial charge is 0.401 e. The quantitative estimate of drug-likeness (QED) is 0.348. The van der Waals surface area contributed by atoms with Crippen molar-refractivity contribution in [1.29, 1.82) is 0 Å². The molecule has 0 spiro atoms. The van der Waals surface area contributed by atoms with Gasteiger partial charge in [-0.3, -0.25) is 5.84 Å². The Labute approximate surface area is 54.8 Å². The molecule has 0 aromatic rings. The van der Waals surface area contributed by atoms with E-state index in [-0.39, 0.29) is 0 Å². The van der Waals surface area contributed by atoms with E-state index in [1.54, 1.807) is 13.3 Å². The molecule has 9 heavy (non-hydrogen) atoms. The molecule has 0 aliphatic rings. The molecule has 5 N–H and O–H groups in total. The third-order valence-electron chi connectivity index (χ3n) is 0.864. The lowest BCUT2D eigenvalue weighted by atomic mass is 10.4. The van der Waals surface area contributed by atoms with E-state index in [4.69, 9.17) is 16.3 Å². The van der Waals surface area contributed by atoms with Crippen LogP contribution in [-0.2, 0) is 4.74 Å². The van der Waals surface area contributed by atoms with Gasteiger partial charge >= 0.3 is 0 Å². The van der Waals surface area contributed by atoms with Gasteiger partial charge < -0.3 is 15.9 Å². The molecular weight excluding hydrogens is 118 g/mol. The Bertz CT molecular complexity index is 92.2. The Morgan fingerprint density at radius 2 is 2.44 bits per heavy atom. The summed E-state index contributed by atoms with van der Waals surface area (Å²) in [5, 5.41) is 0. The minimum Gasteiger partial charge on any atom is -0.401 e. The zero-order valence-corrected chi connectivity index (χ0v) is 5.55. The van der Waals surface area contributed by atoms with Crippen molar-refractivity contribution in [2.45, 2.75) is 6.42 Å². The van der Waals surface area contributed by atoms with Crippen molar-refractivity contribution < 1.29 is 4.74 Å². The summed E-state index contributed by atoms with van der Waals surface area (Å²) >= 11 is 0. The van der Waals surface area contributed by atoms with Crippen LogP contribution in [0.1, 0.15) is 6.42 Å². The van der Waals surface area contributed by atoms with Gasteiger partial charge in [-0.25, -0.2) is 0 Å². The standard InChI is InChI=1S/C5H13N3O/c1-9-3-2-5(6)4-8-7/h4,8H,2-3,6-7H2,1H3/b5-4-. The summed E-state index contributed by atoms with van der Waals surface area (Å²) in [4.78, 5) is 0. The van der Waals surface area contributed by atoms with Gasteiger partial charge in [-0.1, -0.05) is 0 Å². The Kier molecular flexibility index (Phi) is 4.95. The van der Waals surface area contributed by atoms with E-state index >= 15 is 0 Å². The number of nitrogens with two attached hydrogens (primary N) is 2. The van der Waals surface area contributed by atoms with Crippen LogP contribution in [0.25, 0.3) is 0 Å². The maximum Gasteiger partial charge on any atom is 0.0517 e. The number of methoxy groups -OCH3 is 1. The van der Waals surface area contributed by atoms with Gasteiger partial charge in [0.25, 0.3) is 0 Å². The zero-order valence-electron chi connectivity index (χ0n) is 5.55. The van der Waals surface area contributed by atoms with Crippen LogP contribution in [0.5, 0.6) is 0 Å². The fraction of sp³-hybridized carbons (Fsp3) is 0.600. The van der Waals surface area contributed by atoms with Crippen LogP contribution in [0.4, 0.5) is 0 Å². The van der Waals surface area contributed by atoms with Crippen molar-refractivity contribution in [3.8, 4) is 0 Å². The van der Waals surface area contributed by atoms with Gasteiger partial charge in [0.15, 0.2) is 0 Å². The fourth-order valence-electron chi connectivity index (χ4n) is 0.399. The van der Waals surface area contributed by atoms with Crippen molar-refractivity contribution in [2.24, 2.45) is 11.6 Å². The van der Waals surface area contributed by atoms with Crippen LogP contribution >= 0.6 is 0 Å². The summed E-state index contributed by atoms with van der Waals surface area (Å²) in [7, 11) is 1.63. The molecule has 0 radical (unpaired) electrons. The molecule has 0 amide bonds. The Balaban J connectivity index is 3.25. The highest BCUT2D eigenvalue weighted by Crippen LogP contribution is 1.88. The average molecular weight is 131 g/mol. The molecule has 0 atom stereocenters. The van der Waals surface area contributed by atoms with E-state index in [0.29, 0.717) is 18.7 Å². The first-order valence-corrected chi connectivity index (χ1v) is 2.71. The van der Waals surface area contributed by atoms with Gasteiger partial charge in [-0.2, -0.15) is 0 Å². The summed E-state index contributed by atoms with van der Waals surface area (Å²) < 4.78 is 4.77. The number of nitrogens with one attached hydrogen (secondary N) is 1. The molecule has 0 fully saturated rings. The predicted octanol–water partition coefficient (Wildman–Crippen LogP) is -0.714. The molecule has 54 valence electrons. The third kappa shape index (κ3) is 5.13. The van der Waals surface area contributed by atoms with E-state index in [9.17, 15) is 0 Å². The maximum atomic E-state index is 5.41. The van der Waals surface area contributed by atoms with Gasteiger partial charge in [0.05, 0.1) is 6.61 Å². The molecule has 4 nitrogen and oxygen atoms in total. The smallest absolute Gasteiger partial charge is 0.0517 e. The van der Waals surface area contributed by atoms with Crippen LogP contribution in [0.15, 0.2) is 11.9 Å². The second-order valence-corrected chi connectivity index (χ2v) is 1.63. The first-order chi connectivity index (χ1) is 4.31. The van der Waals surface area contributed by atoms with Crippen molar-refractivity contribution in [1.82, 2.24) is 5.43 Å². The molecule has 0 aromatic heterocycles. The topological polar surface area (TPSA) is 73.3 Å². The van der Waals surface area contributed by atoms with Gasteiger partial charge in [0.1, 0.15) is 0 Å². The van der Waals surface area contributed by atoms with Gasteiger partial charge in [-0.15, -0.1) is 0 Å². The van der Waals surface area contributed by atoms with Gasteiger partial charge in [0.2, 0.25) is 0 Å². The SMILES string of the molecule is COCC/C(N)=C/NN. The highest BCUT2D eigenvalue weighted by atomic mass is 16.5. The monoisotopic (exact) mass is 131 g/mol. The molecule has 0 aliphatic carbocycles. The normalized spacial score (nSPS) is 11.6. The average Bonchev–Trinajstić information content (AvgIpc) is 1.85. The van der Waals surface area contributed by atoms with E-state index in [1.165, 1.54) is 0 Å². The van der Waals surface area contributed by atoms with E-state index in [2.05, 4.69) is 5.43 Å². The minimum atomic E-state index is 0.629. The first kappa shape index (κ1) is 8.26. The summed E-state index contributed by atoms with van der Waals surface area (Å²) in [6.07, 6.45) is 2.25. The highest BCUT2D eigenvalue weighted by molar-refractivity contribution is 4.93. The number of rotatable bonds is 4. The Morgan fingerprint density at radius 3 is 2.89 bits per heavy atom. The van der Waals surface area contributed by atoms with Crippen LogP contribution in [0.2, 0.25) is 0 Å². The fourth-order valence-corrected chi connectivity index (χ4v) is 0.399. The van der Waals surface area contributed by atoms with Crippen LogP contribution in [-0.4, -0.2) is 13.7 Å². The molecule has 0 heterocycles. The summed E-state index contributed by atoms with van der Waals surface area (Å²) in [6.45, 7) is 0.629. The molecule has 0 saturated heterocycles. The number of hydrogen-bond donors (Lipinski definition) is 3. The molecule has 0 aliphatic heterocycles. The van der Waals surface area contributed by atoms with Crippen LogP contribution in [0, 0.1) is 0 Å². The predicted molar refractivity (Wildman–Crippen MR) is 36.1 cm³/mol. The third-order valence-corrected chi connectivity index (χ3v) is 0.864. The highest BCUT2D eigenvalue weighted by Gasteiger charge is 1.86. The second kappa shape index (κ2) is 5.40. The van der Waals surface area contributed by atoms with Crippen molar-refractivity contribution in [3.05, 3.63) is 11.9 Å². The van der Waals surface area contributed by atoms with E-state index in [0.717, 1.165) is 0 Å². The molecule has 0 aromatic carbocycles. The lowest BCUT2D eigenvalue weighted by Crippen LogP contribution is -2.17. The maximum absolute atomic E-state index is 5.41. The molecule has 4 heteroatoms. The van der Waals surface area contributed by atoms with Gasteiger partial charge in [0, 0.05) is 25.4 Å². The molecule has 0 rings (SSSR count). The van der Waals surface area contributed by atoms with Crippen LogP contribution in [0.3, 0.4) is 0 Å². The summed E-state index contributed by atoms with van der Waals surface area (Å²) in [6, 6.07) is 0. The van der Waals surface area contributed by atoms with Gasteiger partial charge in [-0.05, 0) is 0 Å². The van der Waals surface area contributed by atoms with Crippen LogP contribution < -0.4 is 17.0 Å². The Morgan fingerprint density at radius 1 is 1.78 bits per heavy atom. The number of ether oxygens (including phenoxy) is 1. The summed E-state index contributed by atoms with van der Waals surface area (Å²) in [5.41, 5.74) is 8.44.